The number of sulfonamides is 1. The molecule has 0 aliphatic rings. The minimum Gasteiger partial charge on any atom is -0.369 e. The summed E-state index contributed by atoms with van der Waals surface area (Å²) in [7, 11) is -3.73. The monoisotopic (exact) mass is 380 g/mol. The van der Waals surface area contributed by atoms with Gasteiger partial charge in [0.15, 0.2) is 0 Å². The highest BCUT2D eigenvalue weighted by atomic mass is 32.2. The first-order valence-corrected chi connectivity index (χ1v) is 10.7. The number of benzene rings is 1. The number of aryl methyl sites for hydroxylation is 1. The van der Waals surface area contributed by atoms with Crippen LogP contribution < -0.4 is 10.5 Å². The molecule has 136 valence electrons. The van der Waals surface area contributed by atoms with Crippen molar-refractivity contribution in [3.05, 3.63) is 46.2 Å². The minimum absolute atomic E-state index is 0.196. The van der Waals surface area contributed by atoms with Gasteiger partial charge in [-0.05, 0) is 42.8 Å². The predicted molar refractivity (Wildman–Crippen MR) is 102 cm³/mol. The Bertz CT molecular complexity index is 841. The summed E-state index contributed by atoms with van der Waals surface area (Å²) in [6, 6.07) is 6.86. The number of nitrogens with one attached hydrogen (secondary N) is 1. The van der Waals surface area contributed by atoms with Crippen molar-refractivity contribution in [3.8, 4) is 0 Å². The van der Waals surface area contributed by atoms with Crippen LogP contribution in [0.15, 0.2) is 39.9 Å². The number of carbonyl (C=O) groups excluding carboxylic acids is 1. The number of hydrogen-bond donors (Lipinski definition) is 2. The number of thiophene rings is 1. The molecule has 2 aromatic rings. The molecule has 1 heterocycles. The molecule has 0 bridgehead atoms. The van der Waals surface area contributed by atoms with Crippen molar-refractivity contribution >= 4 is 33.0 Å². The largest absolute Gasteiger partial charge is 0.369 e. The summed E-state index contributed by atoms with van der Waals surface area (Å²) in [4.78, 5) is 12.1. The van der Waals surface area contributed by atoms with Crippen molar-refractivity contribution < 1.29 is 13.2 Å². The van der Waals surface area contributed by atoms with E-state index < -0.39 is 21.3 Å². The fourth-order valence-corrected chi connectivity index (χ4v) is 4.69. The Balaban J connectivity index is 2.33. The van der Waals surface area contributed by atoms with Gasteiger partial charge in [0.1, 0.15) is 0 Å². The summed E-state index contributed by atoms with van der Waals surface area (Å²) < 4.78 is 28.0. The second-order valence-corrected chi connectivity index (χ2v) is 8.67. The van der Waals surface area contributed by atoms with E-state index in [1.807, 2.05) is 19.1 Å². The van der Waals surface area contributed by atoms with Gasteiger partial charge in [0.25, 0.3) is 10.0 Å². The van der Waals surface area contributed by atoms with Crippen LogP contribution in [0.5, 0.6) is 0 Å². The molecule has 0 saturated heterocycles. The summed E-state index contributed by atoms with van der Waals surface area (Å²) in [5, 5.41) is 3.46. The van der Waals surface area contributed by atoms with E-state index in [0.29, 0.717) is 17.7 Å². The van der Waals surface area contributed by atoms with Crippen molar-refractivity contribution in [2.75, 3.05) is 4.72 Å². The molecule has 25 heavy (non-hydrogen) atoms. The molecule has 2 rings (SSSR count). The number of carbonyl (C=O) groups is 1. The number of rotatable bonds is 8. The molecule has 1 aromatic heterocycles. The van der Waals surface area contributed by atoms with Gasteiger partial charge in [-0.15, -0.1) is 11.3 Å². The van der Waals surface area contributed by atoms with Gasteiger partial charge in [-0.1, -0.05) is 32.4 Å². The first-order valence-electron chi connectivity index (χ1n) is 8.23. The summed E-state index contributed by atoms with van der Waals surface area (Å²) in [5.41, 5.74) is 6.76. The molecule has 1 unspecified atom stereocenters. The zero-order valence-corrected chi connectivity index (χ0v) is 16.3. The Labute approximate surface area is 153 Å². The molecule has 1 atom stereocenters. The molecule has 1 amide bonds. The molecule has 7 heteroatoms. The first-order chi connectivity index (χ1) is 11.7. The molecule has 0 fully saturated rings. The highest BCUT2D eigenvalue weighted by Crippen LogP contribution is 2.36. The van der Waals surface area contributed by atoms with Crippen LogP contribution in [0.2, 0.25) is 0 Å². The number of amides is 1. The van der Waals surface area contributed by atoms with E-state index in [4.69, 9.17) is 5.73 Å². The smallest absolute Gasteiger partial charge is 0.261 e. The van der Waals surface area contributed by atoms with Gasteiger partial charge < -0.3 is 5.73 Å². The van der Waals surface area contributed by atoms with E-state index in [9.17, 15) is 13.2 Å². The molecule has 1 aromatic carbocycles. The van der Waals surface area contributed by atoms with E-state index in [-0.39, 0.29) is 4.90 Å². The lowest BCUT2D eigenvalue weighted by atomic mass is 9.80. The number of primary amides is 1. The summed E-state index contributed by atoms with van der Waals surface area (Å²) >= 11 is 1.34. The zero-order valence-electron chi connectivity index (χ0n) is 14.7. The lowest BCUT2D eigenvalue weighted by molar-refractivity contribution is -0.123. The lowest BCUT2D eigenvalue weighted by Gasteiger charge is -2.25. The fraction of sp³-hybridized carbons (Fsp3) is 0.389. The second-order valence-electron chi connectivity index (χ2n) is 6.25. The first kappa shape index (κ1) is 19.5. The number of anilines is 1. The molecular formula is C18H24N2O3S2. The Hall–Kier alpha value is -1.86. The van der Waals surface area contributed by atoms with Crippen LogP contribution in [0.3, 0.4) is 0 Å². The van der Waals surface area contributed by atoms with Gasteiger partial charge in [0.2, 0.25) is 5.91 Å². The highest BCUT2D eigenvalue weighted by Gasteiger charge is 2.35. The third-order valence-corrected chi connectivity index (χ3v) is 6.65. The van der Waals surface area contributed by atoms with Crippen LogP contribution in [0.25, 0.3) is 0 Å². The predicted octanol–water partition coefficient (Wildman–Crippen LogP) is 3.65. The fourth-order valence-electron chi connectivity index (χ4n) is 2.63. The molecule has 5 nitrogen and oxygen atoms in total. The van der Waals surface area contributed by atoms with Crippen molar-refractivity contribution in [3.63, 3.8) is 0 Å². The Kier molecular flexibility index (Phi) is 5.90. The minimum atomic E-state index is -3.73. The molecule has 0 spiro atoms. The number of hydrogen-bond acceptors (Lipinski definition) is 4. The third-order valence-electron chi connectivity index (χ3n) is 4.52. The molecule has 0 saturated carbocycles. The standard InChI is InChI=1S/C18H24N2O3S2/c1-4-6-13-7-9-14(10-8-13)25(22,23)20-16-12-24-11-15(16)18(3,5-2)17(19)21/h7-12,20H,4-6H2,1-3H3,(H2,19,21). The van der Waals surface area contributed by atoms with Crippen LogP contribution in [-0.4, -0.2) is 14.3 Å². The topological polar surface area (TPSA) is 89.3 Å². The zero-order chi connectivity index (χ0) is 18.7. The van der Waals surface area contributed by atoms with Gasteiger partial charge in [-0.3, -0.25) is 9.52 Å². The molecular weight excluding hydrogens is 356 g/mol. The summed E-state index contributed by atoms with van der Waals surface area (Å²) in [5.74, 6) is -0.474. The van der Waals surface area contributed by atoms with E-state index >= 15 is 0 Å². The maximum Gasteiger partial charge on any atom is 0.261 e. The maximum absolute atomic E-state index is 12.7. The van der Waals surface area contributed by atoms with Gasteiger partial charge >= 0.3 is 0 Å². The Morgan fingerprint density at radius 1 is 1.20 bits per heavy atom. The van der Waals surface area contributed by atoms with Crippen LogP contribution >= 0.6 is 11.3 Å². The van der Waals surface area contributed by atoms with Gasteiger partial charge in [-0.25, -0.2) is 8.42 Å². The van der Waals surface area contributed by atoms with Crippen molar-refractivity contribution in [2.24, 2.45) is 5.73 Å². The highest BCUT2D eigenvalue weighted by molar-refractivity contribution is 7.92. The summed E-state index contributed by atoms with van der Waals surface area (Å²) in [6.07, 6.45) is 2.40. The molecule has 3 N–H and O–H groups in total. The SMILES string of the molecule is CCCc1ccc(S(=O)(=O)Nc2cscc2C(C)(CC)C(N)=O)cc1. The Morgan fingerprint density at radius 2 is 1.84 bits per heavy atom. The van der Waals surface area contributed by atoms with Gasteiger partial charge in [0, 0.05) is 10.9 Å². The van der Waals surface area contributed by atoms with E-state index in [1.165, 1.54) is 11.3 Å². The number of nitrogens with two attached hydrogens (primary N) is 1. The lowest BCUT2D eigenvalue weighted by Crippen LogP contribution is -2.38. The normalized spacial score (nSPS) is 14.0. The van der Waals surface area contributed by atoms with E-state index in [2.05, 4.69) is 11.6 Å². The van der Waals surface area contributed by atoms with E-state index in [1.54, 1.807) is 29.8 Å². The molecule has 0 radical (unpaired) electrons. The maximum atomic E-state index is 12.7. The quantitative estimate of drug-likeness (QED) is 0.732. The Morgan fingerprint density at radius 3 is 2.36 bits per heavy atom. The van der Waals surface area contributed by atoms with Crippen molar-refractivity contribution in [1.29, 1.82) is 0 Å². The third kappa shape index (κ3) is 4.04. The van der Waals surface area contributed by atoms with Crippen LogP contribution in [0.4, 0.5) is 5.69 Å². The molecule has 0 aliphatic carbocycles. The average Bonchev–Trinajstić information content (AvgIpc) is 3.02. The summed E-state index contributed by atoms with van der Waals surface area (Å²) in [6.45, 7) is 5.66. The van der Waals surface area contributed by atoms with Crippen LogP contribution in [-0.2, 0) is 26.7 Å². The van der Waals surface area contributed by atoms with Crippen molar-refractivity contribution in [1.82, 2.24) is 0 Å². The second kappa shape index (κ2) is 7.58. The van der Waals surface area contributed by atoms with E-state index in [0.717, 1.165) is 18.4 Å². The van der Waals surface area contributed by atoms with Gasteiger partial charge in [0.05, 0.1) is 16.0 Å². The van der Waals surface area contributed by atoms with Gasteiger partial charge in [-0.2, -0.15) is 0 Å². The average molecular weight is 381 g/mol. The molecule has 0 aliphatic heterocycles. The van der Waals surface area contributed by atoms with Crippen LogP contribution in [0, 0.1) is 0 Å². The van der Waals surface area contributed by atoms with Crippen molar-refractivity contribution in [2.45, 2.75) is 50.3 Å². The van der Waals surface area contributed by atoms with Crippen LogP contribution in [0.1, 0.15) is 44.7 Å².